The van der Waals surface area contributed by atoms with Gasteiger partial charge in [-0.1, -0.05) is 17.7 Å². The molecule has 0 fully saturated rings. The van der Waals surface area contributed by atoms with Gasteiger partial charge in [-0.2, -0.15) is 0 Å². The molecule has 0 saturated heterocycles. The second-order valence-electron chi connectivity index (χ2n) is 5.14. The second-order valence-corrected chi connectivity index (χ2v) is 5.54. The predicted molar refractivity (Wildman–Crippen MR) is 68.8 cm³/mol. The highest BCUT2D eigenvalue weighted by Gasteiger charge is 2.13. The number of rotatable bonds is 4. The van der Waals surface area contributed by atoms with E-state index in [2.05, 4.69) is 0 Å². The Hall–Kier alpha value is -0.640. The monoisotopic (exact) mass is 259 g/mol. The summed E-state index contributed by atoms with van der Waals surface area (Å²) in [5, 5.41) is 0.131. The molecule has 0 spiro atoms. The molecule has 0 aliphatic rings. The minimum Gasteiger partial charge on any atom is -0.374 e. The van der Waals surface area contributed by atoms with Gasteiger partial charge in [0.05, 0.1) is 17.2 Å². The number of ether oxygens (including phenoxy) is 1. The fourth-order valence-corrected chi connectivity index (χ4v) is 1.59. The minimum absolute atomic E-state index is 0.115. The summed E-state index contributed by atoms with van der Waals surface area (Å²) in [5.41, 5.74) is 6.66. The zero-order valence-corrected chi connectivity index (χ0v) is 11.2. The van der Waals surface area contributed by atoms with Gasteiger partial charge >= 0.3 is 0 Å². The zero-order chi connectivity index (χ0) is 13.1. The van der Waals surface area contributed by atoms with Gasteiger partial charge < -0.3 is 10.5 Å². The molecule has 2 nitrogen and oxygen atoms in total. The molecule has 1 aromatic carbocycles. The van der Waals surface area contributed by atoms with Crippen molar-refractivity contribution in [2.24, 2.45) is 5.73 Å². The highest BCUT2D eigenvalue weighted by atomic mass is 35.5. The summed E-state index contributed by atoms with van der Waals surface area (Å²) in [6.07, 6.45) is 0.621. The Balaban J connectivity index is 2.50. The maximum atomic E-state index is 13.0. The summed E-state index contributed by atoms with van der Waals surface area (Å²) >= 11 is 5.70. The second kappa shape index (κ2) is 5.80. The van der Waals surface area contributed by atoms with Crippen molar-refractivity contribution < 1.29 is 9.13 Å². The molecule has 2 N–H and O–H groups in total. The Labute approximate surface area is 107 Å². The van der Waals surface area contributed by atoms with Crippen LogP contribution in [0, 0.1) is 5.82 Å². The van der Waals surface area contributed by atoms with Gasteiger partial charge in [-0.05, 0) is 44.9 Å². The topological polar surface area (TPSA) is 35.2 Å². The van der Waals surface area contributed by atoms with Gasteiger partial charge in [0, 0.05) is 6.04 Å². The van der Waals surface area contributed by atoms with Crippen LogP contribution in [0.4, 0.5) is 4.39 Å². The summed E-state index contributed by atoms with van der Waals surface area (Å²) in [5.74, 6) is -0.407. The lowest BCUT2D eigenvalue weighted by Crippen LogP contribution is -2.33. The van der Waals surface area contributed by atoms with Crippen LogP contribution in [0.25, 0.3) is 0 Å². The number of halogens is 2. The number of hydrogen-bond acceptors (Lipinski definition) is 2. The Morgan fingerprint density at radius 2 is 2.06 bits per heavy atom. The van der Waals surface area contributed by atoms with Gasteiger partial charge in [0.15, 0.2) is 0 Å². The average Bonchev–Trinajstić information content (AvgIpc) is 2.20. The van der Waals surface area contributed by atoms with Crippen LogP contribution in [-0.4, -0.2) is 18.2 Å². The van der Waals surface area contributed by atoms with Crippen molar-refractivity contribution in [2.45, 2.75) is 38.8 Å². The SMILES string of the molecule is CC(C)(C)OCC(N)Cc1ccc(F)c(Cl)c1. The molecule has 0 radical (unpaired) electrons. The maximum Gasteiger partial charge on any atom is 0.141 e. The molecule has 1 rings (SSSR count). The number of nitrogens with two attached hydrogens (primary N) is 1. The van der Waals surface area contributed by atoms with E-state index in [1.807, 2.05) is 20.8 Å². The van der Waals surface area contributed by atoms with Gasteiger partial charge in [0.25, 0.3) is 0 Å². The first kappa shape index (κ1) is 14.4. The van der Waals surface area contributed by atoms with Crippen LogP contribution in [0.5, 0.6) is 0 Å². The summed E-state index contributed by atoms with van der Waals surface area (Å²) in [7, 11) is 0. The molecule has 1 atom stereocenters. The third-order valence-electron chi connectivity index (χ3n) is 2.21. The van der Waals surface area contributed by atoms with E-state index in [-0.39, 0.29) is 16.7 Å². The van der Waals surface area contributed by atoms with Crippen molar-refractivity contribution in [1.29, 1.82) is 0 Å². The van der Waals surface area contributed by atoms with E-state index < -0.39 is 5.82 Å². The van der Waals surface area contributed by atoms with E-state index in [1.54, 1.807) is 12.1 Å². The highest BCUT2D eigenvalue weighted by molar-refractivity contribution is 6.30. The molecule has 0 bridgehead atoms. The van der Waals surface area contributed by atoms with Gasteiger partial charge in [-0.15, -0.1) is 0 Å². The summed E-state index contributed by atoms with van der Waals surface area (Å²) in [6, 6.07) is 4.54. The molecule has 17 heavy (non-hydrogen) atoms. The lowest BCUT2D eigenvalue weighted by Gasteiger charge is -2.22. The Morgan fingerprint density at radius 3 is 2.59 bits per heavy atom. The van der Waals surface area contributed by atoms with Gasteiger partial charge in [0.2, 0.25) is 0 Å². The quantitative estimate of drug-likeness (QED) is 0.902. The van der Waals surface area contributed by atoms with E-state index in [0.717, 1.165) is 5.56 Å². The zero-order valence-electron chi connectivity index (χ0n) is 10.5. The highest BCUT2D eigenvalue weighted by Crippen LogP contribution is 2.17. The van der Waals surface area contributed by atoms with Crippen molar-refractivity contribution in [2.75, 3.05) is 6.61 Å². The molecule has 0 aromatic heterocycles. The average molecular weight is 260 g/mol. The van der Waals surface area contributed by atoms with Crippen LogP contribution in [0.1, 0.15) is 26.3 Å². The van der Waals surface area contributed by atoms with Crippen molar-refractivity contribution >= 4 is 11.6 Å². The minimum atomic E-state index is -0.407. The largest absolute Gasteiger partial charge is 0.374 e. The molecular formula is C13H19ClFNO. The van der Waals surface area contributed by atoms with Crippen LogP contribution in [0.2, 0.25) is 5.02 Å². The predicted octanol–water partition coefficient (Wildman–Crippen LogP) is 3.16. The van der Waals surface area contributed by atoms with E-state index in [1.165, 1.54) is 6.07 Å². The number of hydrogen-bond donors (Lipinski definition) is 1. The maximum absolute atomic E-state index is 13.0. The fraction of sp³-hybridized carbons (Fsp3) is 0.538. The summed E-state index contributed by atoms with van der Waals surface area (Å²) in [4.78, 5) is 0. The van der Waals surface area contributed by atoms with Crippen molar-refractivity contribution in [3.63, 3.8) is 0 Å². The van der Waals surface area contributed by atoms with E-state index in [4.69, 9.17) is 22.1 Å². The molecule has 0 aliphatic carbocycles. The first-order valence-corrected chi connectivity index (χ1v) is 5.99. The molecule has 4 heteroatoms. The van der Waals surface area contributed by atoms with Crippen molar-refractivity contribution in [1.82, 2.24) is 0 Å². The van der Waals surface area contributed by atoms with Crippen LogP contribution in [0.15, 0.2) is 18.2 Å². The molecule has 1 aromatic rings. The Bertz CT molecular complexity index is 376. The van der Waals surface area contributed by atoms with E-state index in [0.29, 0.717) is 13.0 Å². The molecule has 0 heterocycles. The molecule has 96 valence electrons. The third-order valence-corrected chi connectivity index (χ3v) is 2.50. The first-order chi connectivity index (χ1) is 7.78. The van der Waals surface area contributed by atoms with Crippen LogP contribution in [-0.2, 0) is 11.2 Å². The van der Waals surface area contributed by atoms with E-state index in [9.17, 15) is 4.39 Å². The smallest absolute Gasteiger partial charge is 0.141 e. The van der Waals surface area contributed by atoms with Gasteiger partial charge in [0.1, 0.15) is 5.82 Å². The van der Waals surface area contributed by atoms with Crippen molar-refractivity contribution in [3.05, 3.63) is 34.6 Å². The number of benzene rings is 1. The normalized spacial score (nSPS) is 13.8. The van der Waals surface area contributed by atoms with Crippen LogP contribution >= 0.6 is 11.6 Å². The standard InChI is InChI=1S/C13H19ClFNO/c1-13(2,3)17-8-10(16)6-9-4-5-12(15)11(14)7-9/h4-5,7,10H,6,8,16H2,1-3H3. The molecule has 0 aliphatic heterocycles. The first-order valence-electron chi connectivity index (χ1n) is 5.61. The summed E-state index contributed by atoms with van der Waals surface area (Å²) < 4.78 is 18.5. The van der Waals surface area contributed by atoms with E-state index >= 15 is 0 Å². The van der Waals surface area contributed by atoms with Crippen LogP contribution in [0.3, 0.4) is 0 Å². The van der Waals surface area contributed by atoms with Gasteiger partial charge in [-0.3, -0.25) is 0 Å². The Kier molecular flexibility index (Phi) is 4.92. The fourth-order valence-electron chi connectivity index (χ4n) is 1.39. The Morgan fingerprint density at radius 1 is 1.41 bits per heavy atom. The van der Waals surface area contributed by atoms with Gasteiger partial charge in [-0.25, -0.2) is 4.39 Å². The molecule has 0 amide bonds. The third kappa shape index (κ3) is 5.48. The van der Waals surface area contributed by atoms with Crippen LogP contribution < -0.4 is 5.73 Å². The molecule has 1 unspecified atom stereocenters. The molecule has 0 saturated carbocycles. The van der Waals surface area contributed by atoms with Crippen molar-refractivity contribution in [3.8, 4) is 0 Å². The summed E-state index contributed by atoms with van der Waals surface area (Å²) in [6.45, 7) is 6.41. The molecular weight excluding hydrogens is 241 g/mol. The lowest BCUT2D eigenvalue weighted by atomic mass is 10.1. The lowest BCUT2D eigenvalue weighted by molar-refractivity contribution is -0.00983.